The lowest BCUT2D eigenvalue weighted by molar-refractivity contribution is -0.274. The zero-order valence-corrected chi connectivity index (χ0v) is 13.8. The number of hydrogen-bond donors (Lipinski definition) is 1. The van der Waals surface area contributed by atoms with Gasteiger partial charge in [-0.05, 0) is 24.1 Å². The van der Waals surface area contributed by atoms with E-state index in [4.69, 9.17) is 4.74 Å². The molecular formula is C17H18F3NO5. The van der Waals surface area contributed by atoms with Gasteiger partial charge in [-0.3, -0.25) is 9.59 Å². The summed E-state index contributed by atoms with van der Waals surface area (Å²) < 4.78 is 45.6. The van der Waals surface area contributed by atoms with E-state index in [1.165, 1.54) is 17.0 Å². The first kappa shape index (κ1) is 18.5. The highest BCUT2D eigenvalue weighted by Crippen LogP contribution is 2.42. The Hall–Kier alpha value is -2.29. The molecule has 2 saturated heterocycles. The van der Waals surface area contributed by atoms with Gasteiger partial charge in [-0.1, -0.05) is 12.1 Å². The minimum Gasteiger partial charge on any atom is -0.481 e. The molecule has 2 fully saturated rings. The zero-order valence-electron chi connectivity index (χ0n) is 13.8. The molecule has 3 rings (SSSR count). The van der Waals surface area contributed by atoms with Crippen LogP contribution in [-0.2, 0) is 20.7 Å². The first-order valence-corrected chi connectivity index (χ1v) is 8.13. The zero-order chi connectivity index (χ0) is 18.9. The molecule has 0 unspecified atom stereocenters. The number of carbonyl (C=O) groups excluding carboxylic acids is 1. The van der Waals surface area contributed by atoms with Crippen LogP contribution in [-0.4, -0.2) is 54.5 Å². The van der Waals surface area contributed by atoms with Gasteiger partial charge in [0.05, 0.1) is 18.4 Å². The summed E-state index contributed by atoms with van der Waals surface area (Å²) in [5, 5.41) is 9.61. The minimum atomic E-state index is -4.77. The van der Waals surface area contributed by atoms with E-state index in [9.17, 15) is 27.9 Å². The molecule has 2 atom stereocenters. The fourth-order valence-electron chi connectivity index (χ4n) is 3.58. The summed E-state index contributed by atoms with van der Waals surface area (Å²) in [5.74, 6) is -1.79. The van der Waals surface area contributed by atoms with Crippen LogP contribution in [0.1, 0.15) is 12.0 Å². The summed E-state index contributed by atoms with van der Waals surface area (Å²) in [7, 11) is 0. The van der Waals surface area contributed by atoms with Crippen LogP contribution >= 0.6 is 0 Å². The lowest BCUT2D eigenvalue weighted by atomic mass is 9.74. The van der Waals surface area contributed by atoms with Gasteiger partial charge >= 0.3 is 12.3 Å². The van der Waals surface area contributed by atoms with Crippen LogP contribution in [0.5, 0.6) is 5.75 Å². The molecule has 0 radical (unpaired) electrons. The largest absolute Gasteiger partial charge is 0.573 e. The number of carboxylic acid groups (broad SMARTS) is 1. The van der Waals surface area contributed by atoms with E-state index in [0.717, 1.165) is 12.1 Å². The molecule has 1 amide bonds. The standard InChI is InChI=1S/C17H18F3NO5/c18-17(19,20)26-13-3-1-11(2-4-13)7-14(22)21-8-12-9-25-6-5-16(12,10-21)15(23)24/h1-4,12H,5-10H2,(H,23,24)/t12-,16+/m0/s1. The molecule has 2 heterocycles. The SMILES string of the molecule is O=C(Cc1ccc(OC(F)(F)F)cc1)N1C[C@H]2COCC[C@@]2(C(=O)O)C1. The van der Waals surface area contributed by atoms with Gasteiger partial charge in [-0.15, -0.1) is 13.2 Å². The maximum atomic E-state index is 12.5. The van der Waals surface area contributed by atoms with Crippen molar-refractivity contribution in [1.29, 1.82) is 0 Å². The van der Waals surface area contributed by atoms with Gasteiger partial charge in [0.25, 0.3) is 0 Å². The lowest BCUT2D eigenvalue weighted by Crippen LogP contribution is -2.45. The quantitative estimate of drug-likeness (QED) is 0.875. The molecule has 2 aliphatic heterocycles. The summed E-state index contributed by atoms with van der Waals surface area (Å²) in [4.78, 5) is 25.8. The Balaban J connectivity index is 1.64. The summed E-state index contributed by atoms with van der Waals surface area (Å²) >= 11 is 0. The number of likely N-dealkylation sites (tertiary alicyclic amines) is 1. The number of aliphatic carboxylic acids is 1. The molecule has 0 spiro atoms. The monoisotopic (exact) mass is 373 g/mol. The average molecular weight is 373 g/mol. The number of rotatable bonds is 4. The van der Waals surface area contributed by atoms with E-state index < -0.39 is 17.7 Å². The van der Waals surface area contributed by atoms with Gasteiger partial charge in [0.15, 0.2) is 0 Å². The average Bonchev–Trinajstić information content (AvgIpc) is 2.96. The van der Waals surface area contributed by atoms with Crippen molar-refractivity contribution in [3.63, 3.8) is 0 Å². The first-order valence-electron chi connectivity index (χ1n) is 8.13. The molecule has 0 aromatic heterocycles. The molecule has 0 bridgehead atoms. The number of ether oxygens (including phenoxy) is 2. The molecule has 6 nitrogen and oxygen atoms in total. The van der Waals surface area contributed by atoms with Crippen molar-refractivity contribution in [1.82, 2.24) is 4.90 Å². The van der Waals surface area contributed by atoms with E-state index in [0.29, 0.717) is 31.7 Å². The van der Waals surface area contributed by atoms with Crippen molar-refractivity contribution >= 4 is 11.9 Å². The van der Waals surface area contributed by atoms with E-state index >= 15 is 0 Å². The fraction of sp³-hybridized carbons (Fsp3) is 0.529. The van der Waals surface area contributed by atoms with Crippen molar-refractivity contribution in [3.05, 3.63) is 29.8 Å². The van der Waals surface area contributed by atoms with E-state index in [-0.39, 0.29) is 30.5 Å². The van der Waals surface area contributed by atoms with Crippen molar-refractivity contribution in [3.8, 4) is 5.75 Å². The van der Waals surface area contributed by atoms with Crippen LogP contribution in [0.2, 0.25) is 0 Å². The number of carbonyl (C=O) groups is 2. The van der Waals surface area contributed by atoms with Crippen LogP contribution in [0.25, 0.3) is 0 Å². The maximum absolute atomic E-state index is 12.5. The Labute approximate surface area is 147 Å². The predicted octanol–water partition coefficient (Wildman–Crippen LogP) is 2.08. The van der Waals surface area contributed by atoms with Crippen molar-refractivity contribution in [2.75, 3.05) is 26.3 Å². The van der Waals surface area contributed by atoms with Gasteiger partial charge in [0, 0.05) is 25.6 Å². The Morgan fingerprint density at radius 3 is 2.58 bits per heavy atom. The van der Waals surface area contributed by atoms with E-state index in [2.05, 4.69) is 4.74 Å². The lowest BCUT2D eigenvalue weighted by Gasteiger charge is -2.33. The molecule has 9 heteroatoms. The summed E-state index contributed by atoms with van der Waals surface area (Å²) in [6, 6.07) is 5.06. The number of halogens is 3. The molecule has 0 aliphatic carbocycles. The van der Waals surface area contributed by atoms with E-state index in [1.54, 1.807) is 0 Å². The Kier molecular flexibility index (Phi) is 4.83. The number of hydrogen-bond acceptors (Lipinski definition) is 4. The number of alkyl halides is 3. The fourth-order valence-corrected chi connectivity index (χ4v) is 3.58. The van der Waals surface area contributed by atoms with Gasteiger partial charge < -0.3 is 19.5 Å². The molecule has 1 N–H and O–H groups in total. The third-order valence-corrected chi connectivity index (χ3v) is 5.00. The molecular weight excluding hydrogens is 355 g/mol. The number of benzene rings is 1. The molecule has 26 heavy (non-hydrogen) atoms. The van der Waals surface area contributed by atoms with Crippen LogP contribution in [0.4, 0.5) is 13.2 Å². The molecule has 1 aromatic rings. The third kappa shape index (κ3) is 3.77. The van der Waals surface area contributed by atoms with Crippen molar-refractivity contribution in [2.24, 2.45) is 11.3 Å². The highest BCUT2D eigenvalue weighted by molar-refractivity contribution is 5.82. The number of amides is 1. The molecule has 2 aliphatic rings. The highest BCUT2D eigenvalue weighted by Gasteiger charge is 2.54. The van der Waals surface area contributed by atoms with Crippen LogP contribution < -0.4 is 4.74 Å². The second-order valence-corrected chi connectivity index (χ2v) is 6.63. The summed E-state index contributed by atoms with van der Waals surface area (Å²) in [5.41, 5.74) is -0.446. The van der Waals surface area contributed by atoms with Gasteiger partial charge in [0.1, 0.15) is 5.75 Å². The maximum Gasteiger partial charge on any atom is 0.573 e. The normalized spacial score (nSPS) is 25.7. The smallest absolute Gasteiger partial charge is 0.481 e. The van der Waals surface area contributed by atoms with Crippen LogP contribution in [0.3, 0.4) is 0 Å². The second kappa shape index (κ2) is 6.79. The third-order valence-electron chi connectivity index (χ3n) is 5.00. The van der Waals surface area contributed by atoms with Crippen LogP contribution in [0, 0.1) is 11.3 Å². The Bertz CT molecular complexity index is 691. The molecule has 142 valence electrons. The van der Waals surface area contributed by atoms with Crippen LogP contribution in [0.15, 0.2) is 24.3 Å². The van der Waals surface area contributed by atoms with Gasteiger partial charge in [-0.2, -0.15) is 0 Å². The molecule has 1 aromatic carbocycles. The van der Waals surface area contributed by atoms with E-state index in [1.807, 2.05) is 0 Å². The topological polar surface area (TPSA) is 76.1 Å². The Morgan fingerprint density at radius 1 is 1.31 bits per heavy atom. The summed E-state index contributed by atoms with van der Waals surface area (Å²) in [6.07, 6.45) is -4.42. The van der Waals surface area contributed by atoms with Gasteiger partial charge in [0.2, 0.25) is 5.91 Å². The minimum absolute atomic E-state index is 0.0183. The first-order chi connectivity index (χ1) is 12.2. The van der Waals surface area contributed by atoms with Crippen molar-refractivity contribution < 1.29 is 37.3 Å². The number of fused-ring (bicyclic) bond motifs is 1. The number of nitrogens with zero attached hydrogens (tertiary/aromatic N) is 1. The molecule has 0 saturated carbocycles. The number of carboxylic acids is 1. The van der Waals surface area contributed by atoms with Gasteiger partial charge in [-0.25, -0.2) is 0 Å². The Morgan fingerprint density at radius 2 is 2.00 bits per heavy atom. The van der Waals surface area contributed by atoms with Crippen molar-refractivity contribution in [2.45, 2.75) is 19.2 Å². The predicted molar refractivity (Wildman–Crippen MR) is 82.4 cm³/mol. The summed E-state index contributed by atoms with van der Waals surface area (Å²) in [6.45, 7) is 1.09. The highest BCUT2D eigenvalue weighted by atomic mass is 19.4. The second-order valence-electron chi connectivity index (χ2n) is 6.63.